The molecule has 21 heavy (non-hydrogen) atoms. The summed E-state index contributed by atoms with van der Waals surface area (Å²) in [6.07, 6.45) is -4.36. The minimum absolute atomic E-state index is 0.271. The minimum atomic E-state index is -4.36. The molecule has 2 rings (SSSR count). The fourth-order valence-electron chi connectivity index (χ4n) is 1.54. The second kappa shape index (κ2) is 5.78. The van der Waals surface area contributed by atoms with Gasteiger partial charge < -0.3 is 10.6 Å². The molecule has 0 aliphatic carbocycles. The van der Waals surface area contributed by atoms with Gasteiger partial charge in [-0.25, -0.2) is 0 Å². The zero-order chi connectivity index (χ0) is 15.5. The average molecular weight is 296 g/mol. The highest BCUT2D eigenvalue weighted by molar-refractivity contribution is 5.87. The third-order valence-corrected chi connectivity index (χ3v) is 2.45. The molecule has 0 fully saturated rings. The number of alkyl halides is 3. The normalized spacial score (nSPS) is 11.0. The van der Waals surface area contributed by atoms with E-state index in [4.69, 9.17) is 0 Å². The molecule has 8 heteroatoms. The standard InChI is InChI=1S/C13H11F3N4O/c1-8(21)17-11-6-7-12(20-19-11)18-10-4-2-9(3-5-10)13(14,15)16/h2-7H,1H3,(H,18,20)(H,17,19,21). The SMILES string of the molecule is CC(=O)Nc1ccc(Nc2ccc(C(F)(F)F)cc2)nn1. The van der Waals surface area contributed by atoms with Crippen LogP contribution in [0.25, 0.3) is 0 Å². The molecule has 0 aliphatic heterocycles. The van der Waals surface area contributed by atoms with E-state index in [1.807, 2.05) is 0 Å². The Balaban J connectivity index is 2.06. The molecule has 0 unspecified atom stereocenters. The lowest BCUT2D eigenvalue weighted by atomic mass is 10.2. The van der Waals surface area contributed by atoms with Gasteiger partial charge in [0.25, 0.3) is 0 Å². The molecule has 0 saturated carbocycles. The quantitative estimate of drug-likeness (QED) is 0.912. The van der Waals surface area contributed by atoms with Crippen LogP contribution in [0.2, 0.25) is 0 Å². The van der Waals surface area contributed by atoms with E-state index >= 15 is 0 Å². The Morgan fingerprint density at radius 2 is 1.57 bits per heavy atom. The van der Waals surface area contributed by atoms with Gasteiger partial charge in [0.1, 0.15) is 0 Å². The molecule has 0 atom stereocenters. The van der Waals surface area contributed by atoms with Crippen LogP contribution in [-0.4, -0.2) is 16.1 Å². The summed E-state index contributed by atoms with van der Waals surface area (Å²) in [4.78, 5) is 10.8. The molecule has 110 valence electrons. The van der Waals surface area contributed by atoms with Crippen LogP contribution < -0.4 is 10.6 Å². The maximum atomic E-state index is 12.4. The van der Waals surface area contributed by atoms with Gasteiger partial charge in [-0.3, -0.25) is 4.79 Å². The zero-order valence-corrected chi connectivity index (χ0v) is 10.9. The van der Waals surface area contributed by atoms with Crippen LogP contribution in [0.5, 0.6) is 0 Å². The first kappa shape index (κ1) is 14.8. The van der Waals surface area contributed by atoms with Gasteiger partial charge in [0.2, 0.25) is 5.91 Å². The van der Waals surface area contributed by atoms with Crippen LogP contribution in [-0.2, 0) is 11.0 Å². The number of rotatable bonds is 3. The number of amides is 1. The van der Waals surface area contributed by atoms with Gasteiger partial charge in [0.05, 0.1) is 5.56 Å². The summed E-state index contributed by atoms with van der Waals surface area (Å²) in [5.41, 5.74) is -0.273. The smallest absolute Gasteiger partial charge is 0.339 e. The van der Waals surface area contributed by atoms with Gasteiger partial charge >= 0.3 is 6.18 Å². The Hall–Kier alpha value is -2.64. The van der Waals surface area contributed by atoms with Crippen LogP contribution in [0.1, 0.15) is 12.5 Å². The molecule has 0 aliphatic rings. The largest absolute Gasteiger partial charge is 0.416 e. The lowest BCUT2D eigenvalue weighted by molar-refractivity contribution is -0.137. The number of nitrogens with zero attached hydrogens (tertiary/aromatic N) is 2. The number of hydrogen-bond acceptors (Lipinski definition) is 4. The van der Waals surface area contributed by atoms with Crippen molar-refractivity contribution >= 4 is 23.2 Å². The van der Waals surface area contributed by atoms with Crippen molar-refractivity contribution in [3.63, 3.8) is 0 Å². The number of benzene rings is 1. The Labute approximate surface area is 118 Å². The molecule has 5 nitrogen and oxygen atoms in total. The number of carbonyl (C=O) groups excluding carboxylic acids is 1. The highest BCUT2D eigenvalue weighted by Crippen LogP contribution is 2.30. The maximum absolute atomic E-state index is 12.4. The van der Waals surface area contributed by atoms with E-state index in [1.165, 1.54) is 25.1 Å². The van der Waals surface area contributed by atoms with Crippen molar-refractivity contribution in [2.24, 2.45) is 0 Å². The van der Waals surface area contributed by atoms with E-state index in [1.54, 1.807) is 6.07 Å². The van der Waals surface area contributed by atoms with Crippen molar-refractivity contribution in [3.05, 3.63) is 42.0 Å². The number of halogens is 3. The Bertz CT molecular complexity index is 623. The van der Waals surface area contributed by atoms with E-state index in [0.29, 0.717) is 17.3 Å². The van der Waals surface area contributed by atoms with Gasteiger partial charge in [-0.2, -0.15) is 13.2 Å². The van der Waals surface area contributed by atoms with E-state index in [-0.39, 0.29) is 5.91 Å². The predicted molar refractivity (Wildman–Crippen MR) is 71.1 cm³/mol. The molecular formula is C13H11F3N4O. The van der Waals surface area contributed by atoms with Gasteiger partial charge in [-0.1, -0.05) is 0 Å². The van der Waals surface area contributed by atoms with Gasteiger partial charge in [-0.15, -0.1) is 10.2 Å². The first-order chi connectivity index (χ1) is 9.84. The monoisotopic (exact) mass is 296 g/mol. The molecule has 1 aromatic carbocycles. The van der Waals surface area contributed by atoms with Gasteiger partial charge in [0, 0.05) is 12.6 Å². The Kier molecular flexibility index (Phi) is 4.06. The first-order valence-corrected chi connectivity index (χ1v) is 5.90. The third kappa shape index (κ3) is 4.16. The highest BCUT2D eigenvalue weighted by atomic mass is 19.4. The molecule has 0 radical (unpaired) electrons. The van der Waals surface area contributed by atoms with Crippen LogP contribution >= 0.6 is 0 Å². The van der Waals surface area contributed by atoms with E-state index in [2.05, 4.69) is 20.8 Å². The lowest BCUT2D eigenvalue weighted by Gasteiger charge is -2.09. The summed E-state index contributed by atoms with van der Waals surface area (Å²) in [5.74, 6) is 0.372. The summed E-state index contributed by atoms with van der Waals surface area (Å²) in [5, 5.41) is 12.8. The molecule has 1 heterocycles. The van der Waals surface area contributed by atoms with Crippen molar-refractivity contribution in [1.82, 2.24) is 10.2 Å². The number of carbonyl (C=O) groups is 1. The lowest BCUT2D eigenvalue weighted by Crippen LogP contribution is -2.08. The topological polar surface area (TPSA) is 66.9 Å². The molecule has 0 saturated heterocycles. The number of nitrogens with one attached hydrogen (secondary N) is 2. The molecule has 0 bridgehead atoms. The summed E-state index contributed by atoms with van der Waals surface area (Å²) in [6.45, 7) is 1.34. The molecule has 0 spiro atoms. The minimum Gasteiger partial charge on any atom is -0.339 e. The van der Waals surface area contributed by atoms with Crippen molar-refractivity contribution in [2.45, 2.75) is 13.1 Å². The fraction of sp³-hybridized carbons (Fsp3) is 0.154. The second-order valence-corrected chi connectivity index (χ2v) is 4.19. The number of hydrogen-bond donors (Lipinski definition) is 2. The molecule has 1 aromatic heterocycles. The molecule has 1 amide bonds. The maximum Gasteiger partial charge on any atom is 0.416 e. The predicted octanol–water partition coefficient (Wildman–Crippen LogP) is 3.20. The van der Waals surface area contributed by atoms with Crippen LogP contribution in [0.15, 0.2) is 36.4 Å². The number of anilines is 3. The molecule has 2 aromatic rings. The number of aromatic nitrogens is 2. The molecular weight excluding hydrogens is 285 g/mol. The van der Waals surface area contributed by atoms with Crippen molar-refractivity contribution in [1.29, 1.82) is 0 Å². The van der Waals surface area contributed by atoms with Crippen LogP contribution in [0.3, 0.4) is 0 Å². The van der Waals surface area contributed by atoms with Gasteiger partial charge in [-0.05, 0) is 36.4 Å². The zero-order valence-electron chi connectivity index (χ0n) is 10.9. The van der Waals surface area contributed by atoms with Crippen molar-refractivity contribution < 1.29 is 18.0 Å². The third-order valence-electron chi connectivity index (χ3n) is 2.45. The van der Waals surface area contributed by atoms with E-state index in [0.717, 1.165) is 12.1 Å². The van der Waals surface area contributed by atoms with Gasteiger partial charge in [0.15, 0.2) is 11.6 Å². The van der Waals surface area contributed by atoms with Crippen molar-refractivity contribution in [3.8, 4) is 0 Å². The van der Waals surface area contributed by atoms with Crippen molar-refractivity contribution in [2.75, 3.05) is 10.6 Å². The fourth-order valence-corrected chi connectivity index (χ4v) is 1.54. The Morgan fingerprint density at radius 1 is 1.00 bits per heavy atom. The summed E-state index contributed by atoms with van der Waals surface area (Å²) < 4.78 is 37.3. The average Bonchev–Trinajstić information content (AvgIpc) is 2.40. The summed E-state index contributed by atoms with van der Waals surface area (Å²) in [7, 11) is 0. The highest BCUT2D eigenvalue weighted by Gasteiger charge is 2.29. The van der Waals surface area contributed by atoms with Crippen LogP contribution in [0.4, 0.5) is 30.5 Å². The summed E-state index contributed by atoms with van der Waals surface area (Å²) in [6, 6.07) is 7.62. The first-order valence-electron chi connectivity index (χ1n) is 5.90. The van der Waals surface area contributed by atoms with E-state index in [9.17, 15) is 18.0 Å². The van der Waals surface area contributed by atoms with E-state index < -0.39 is 11.7 Å². The molecule has 2 N–H and O–H groups in total. The van der Waals surface area contributed by atoms with Crippen LogP contribution in [0, 0.1) is 0 Å². The summed E-state index contributed by atoms with van der Waals surface area (Å²) >= 11 is 0. The second-order valence-electron chi connectivity index (χ2n) is 4.19. The Morgan fingerprint density at radius 3 is 2.05 bits per heavy atom.